The number of unbranched alkanes of at least 4 members (excludes halogenated alkanes) is 1. The Kier molecular flexibility index (Phi) is 5.05. The molecule has 5 nitrogen and oxygen atoms in total. The number of aromatic nitrogens is 2. The second-order valence-electron chi connectivity index (χ2n) is 5.58. The molecule has 20 heavy (non-hydrogen) atoms. The molecule has 0 spiro atoms. The predicted octanol–water partition coefficient (Wildman–Crippen LogP) is 2.27. The topological polar surface area (TPSA) is 67.2 Å². The number of halogens is 1. The van der Waals surface area contributed by atoms with Crippen molar-refractivity contribution >= 4 is 17.3 Å². The predicted molar refractivity (Wildman–Crippen MR) is 80.3 cm³/mol. The van der Waals surface area contributed by atoms with Crippen molar-refractivity contribution < 1.29 is 5.11 Å². The third kappa shape index (κ3) is 3.52. The van der Waals surface area contributed by atoms with E-state index in [1.165, 1.54) is 4.68 Å². The van der Waals surface area contributed by atoms with Gasteiger partial charge in [0.05, 0.1) is 11.9 Å². The number of nitrogens with one attached hydrogen (secondary N) is 1. The molecule has 1 heterocycles. The number of aryl methyl sites for hydroxylation is 1. The molecule has 1 aromatic rings. The molecule has 0 atom stereocenters. The first-order valence-electron chi connectivity index (χ1n) is 7.22. The monoisotopic (exact) mass is 299 g/mol. The minimum absolute atomic E-state index is 0.176. The highest BCUT2D eigenvalue weighted by atomic mass is 35.5. The second-order valence-corrected chi connectivity index (χ2v) is 5.96. The van der Waals surface area contributed by atoms with E-state index in [0.717, 1.165) is 38.6 Å². The summed E-state index contributed by atoms with van der Waals surface area (Å²) in [6, 6.07) is 0. The summed E-state index contributed by atoms with van der Waals surface area (Å²) in [6.45, 7) is 3.60. The van der Waals surface area contributed by atoms with Crippen molar-refractivity contribution in [3.8, 4) is 0 Å². The minimum atomic E-state index is -0.239. The number of nitrogens with zero attached hydrogens (tertiary/aromatic N) is 2. The summed E-state index contributed by atoms with van der Waals surface area (Å²) in [5.74, 6) is 0. The molecule has 1 aliphatic carbocycles. The van der Waals surface area contributed by atoms with Crippen molar-refractivity contribution in [3.63, 3.8) is 0 Å². The summed E-state index contributed by atoms with van der Waals surface area (Å²) < 4.78 is 1.41. The maximum atomic E-state index is 12.0. The average Bonchev–Trinajstić information content (AvgIpc) is 3.20. The smallest absolute Gasteiger partial charge is 0.287 e. The number of aliphatic hydroxyl groups excluding tert-OH is 1. The summed E-state index contributed by atoms with van der Waals surface area (Å²) >= 11 is 6.12. The fourth-order valence-electron chi connectivity index (χ4n) is 2.27. The van der Waals surface area contributed by atoms with Crippen LogP contribution in [0.1, 0.15) is 39.0 Å². The van der Waals surface area contributed by atoms with Gasteiger partial charge in [-0.25, -0.2) is 4.68 Å². The Balaban J connectivity index is 2.02. The van der Waals surface area contributed by atoms with Gasteiger partial charge < -0.3 is 10.4 Å². The summed E-state index contributed by atoms with van der Waals surface area (Å²) in [6.07, 6.45) is 6.55. The van der Waals surface area contributed by atoms with Crippen LogP contribution in [0, 0.1) is 5.41 Å². The Hall–Kier alpha value is -1.07. The molecule has 1 saturated carbocycles. The quantitative estimate of drug-likeness (QED) is 0.773. The van der Waals surface area contributed by atoms with E-state index >= 15 is 0 Å². The number of hydrogen-bond acceptors (Lipinski definition) is 4. The average molecular weight is 300 g/mol. The molecule has 2 rings (SSSR count). The molecule has 6 heteroatoms. The lowest BCUT2D eigenvalue weighted by Crippen LogP contribution is -2.25. The zero-order valence-corrected chi connectivity index (χ0v) is 12.6. The lowest BCUT2D eigenvalue weighted by molar-refractivity contribution is 0.253. The van der Waals surface area contributed by atoms with E-state index in [-0.39, 0.29) is 22.6 Å². The number of aliphatic hydroxyl groups is 1. The molecule has 1 aliphatic rings. The lowest BCUT2D eigenvalue weighted by atomic mass is 10.0. The zero-order chi connectivity index (χ0) is 14.6. The molecular weight excluding hydrogens is 278 g/mol. The van der Waals surface area contributed by atoms with Gasteiger partial charge >= 0.3 is 0 Å². The van der Waals surface area contributed by atoms with Crippen LogP contribution in [0.15, 0.2) is 11.0 Å². The molecule has 0 aliphatic heterocycles. The third-order valence-corrected chi connectivity index (χ3v) is 4.33. The first-order chi connectivity index (χ1) is 9.62. The minimum Gasteiger partial charge on any atom is -0.396 e. The molecule has 0 radical (unpaired) electrons. The van der Waals surface area contributed by atoms with Gasteiger partial charge in [-0.15, -0.1) is 0 Å². The van der Waals surface area contributed by atoms with Crippen LogP contribution in [0.4, 0.5) is 5.69 Å². The summed E-state index contributed by atoms with van der Waals surface area (Å²) in [5.41, 5.74) is 0.528. The fraction of sp³-hybridized carbons (Fsp3) is 0.714. The van der Waals surface area contributed by atoms with Gasteiger partial charge in [-0.2, -0.15) is 5.10 Å². The SMILES string of the molecule is CCCCn1ncc(NCC2(CCO)CC2)c(Cl)c1=O. The van der Waals surface area contributed by atoms with Crippen molar-refractivity contribution in [3.05, 3.63) is 21.6 Å². The Morgan fingerprint density at radius 2 is 2.30 bits per heavy atom. The highest BCUT2D eigenvalue weighted by molar-refractivity contribution is 6.32. The number of rotatable bonds is 8. The highest BCUT2D eigenvalue weighted by Crippen LogP contribution is 2.48. The third-order valence-electron chi connectivity index (χ3n) is 3.96. The van der Waals surface area contributed by atoms with Crippen LogP contribution in [0.3, 0.4) is 0 Å². The van der Waals surface area contributed by atoms with E-state index in [0.29, 0.717) is 12.2 Å². The fourth-order valence-corrected chi connectivity index (χ4v) is 2.48. The van der Waals surface area contributed by atoms with Gasteiger partial charge in [-0.1, -0.05) is 24.9 Å². The van der Waals surface area contributed by atoms with Crippen LogP contribution >= 0.6 is 11.6 Å². The number of anilines is 1. The Bertz CT molecular complexity index is 512. The summed E-state index contributed by atoms with van der Waals surface area (Å²) in [7, 11) is 0. The Morgan fingerprint density at radius 1 is 1.55 bits per heavy atom. The maximum absolute atomic E-state index is 12.0. The van der Waals surface area contributed by atoms with Gasteiger partial charge in [-0.05, 0) is 31.1 Å². The van der Waals surface area contributed by atoms with Crippen molar-refractivity contribution in [1.82, 2.24) is 9.78 Å². The molecule has 1 fully saturated rings. The molecule has 0 amide bonds. The van der Waals surface area contributed by atoms with Crippen molar-refractivity contribution in [2.24, 2.45) is 5.41 Å². The summed E-state index contributed by atoms with van der Waals surface area (Å²) in [5, 5.41) is 16.6. The molecule has 2 N–H and O–H groups in total. The van der Waals surface area contributed by atoms with Crippen LogP contribution in [0.5, 0.6) is 0 Å². The Morgan fingerprint density at radius 3 is 2.90 bits per heavy atom. The molecule has 1 aromatic heterocycles. The van der Waals surface area contributed by atoms with Crippen molar-refractivity contribution in [1.29, 1.82) is 0 Å². The molecule has 112 valence electrons. The molecule has 0 saturated heterocycles. The van der Waals surface area contributed by atoms with E-state index in [1.54, 1.807) is 6.20 Å². The van der Waals surface area contributed by atoms with Crippen LogP contribution in [-0.2, 0) is 6.54 Å². The first kappa shape index (κ1) is 15.3. The normalized spacial score (nSPS) is 16.1. The van der Waals surface area contributed by atoms with Gasteiger partial charge in [0.25, 0.3) is 5.56 Å². The molecule has 0 aromatic carbocycles. The van der Waals surface area contributed by atoms with Crippen molar-refractivity contribution in [2.75, 3.05) is 18.5 Å². The van der Waals surface area contributed by atoms with E-state index in [4.69, 9.17) is 16.7 Å². The second kappa shape index (κ2) is 6.59. The van der Waals surface area contributed by atoms with Gasteiger partial charge in [0.15, 0.2) is 0 Å². The van der Waals surface area contributed by atoms with Crippen LogP contribution < -0.4 is 10.9 Å². The van der Waals surface area contributed by atoms with E-state index in [1.807, 2.05) is 0 Å². The largest absolute Gasteiger partial charge is 0.396 e. The zero-order valence-electron chi connectivity index (χ0n) is 11.9. The van der Waals surface area contributed by atoms with Gasteiger partial charge in [0.1, 0.15) is 5.02 Å². The van der Waals surface area contributed by atoms with Crippen molar-refractivity contribution in [2.45, 2.75) is 45.6 Å². The molecular formula is C14H22ClN3O2. The van der Waals surface area contributed by atoms with Crippen LogP contribution in [-0.4, -0.2) is 28.0 Å². The van der Waals surface area contributed by atoms with E-state index in [2.05, 4.69) is 17.3 Å². The van der Waals surface area contributed by atoms with E-state index in [9.17, 15) is 4.79 Å². The highest BCUT2D eigenvalue weighted by Gasteiger charge is 2.41. The lowest BCUT2D eigenvalue weighted by Gasteiger charge is -2.16. The van der Waals surface area contributed by atoms with Gasteiger partial charge in [0.2, 0.25) is 0 Å². The summed E-state index contributed by atoms with van der Waals surface area (Å²) in [4.78, 5) is 12.0. The van der Waals surface area contributed by atoms with Gasteiger partial charge in [-0.3, -0.25) is 4.79 Å². The van der Waals surface area contributed by atoms with E-state index < -0.39 is 0 Å². The maximum Gasteiger partial charge on any atom is 0.287 e. The van der Waals surface area contributed by atoms with Crippen LogP contribution in [0.2, 0.25) is 5.02 Å². The molecule has 0 unspecified atom stereocenters. The Labute approximate surface area is 124 Å². The number of hydrogen-bond donors (Lipinski definition) is 2. The van der Waals surface area contributed by atoms with Crippen LogP contribution in [0.25, 0.3) is 0 Å². The molecule has 0 bridgehead atoms. The first-order valence-corrected chi connectivity index (χ1v) is 7.60. The van der Waals surface area contributed by atoms with Gasteiger partial charge in [0, 0.05) is 19.7 Å². The standard InChI is InChI=1S/C14H22ClN3O2/c1-2-3-7-18-13(20)12(15)11(9-17-18)16-10-14(4-5-14)6-8-19/h9,16,19H,2-8,10H2,1H3.